The minimum atomic E-state index is 0.0667. The van der Waals surface area contributed by atoms with E-state index in [1.54, 1.807) is 6.92 Å². The van der Waals surface area contributed by atoms with Gasteiger partial charge in [0.05, 0.1) is 12.5 Å². The van der Waals surface area contributed by atoms with Gasteiger partial charge in [-0.3, -0.25) is 9.69 Å². The van der Waals surface area contributed by atoms with Gasteiger partial charge in [0.1, 0.15) is 12.3 Å². The molecule has 3 rings (SSSR count). The summed E-state index contributed by atoms with van der Waals surface area (Å²) in [5.41, 5.74) is 0.612. The van der Waals surface area contributed by atoms with E-state index in [0.717, 1.165) is 52.0 Å². The summed E-state index contributed by atoms with van der Waals surface area (Å²) in [6.07, 6.45) is 4.19. The summed E-state index contributed by atoms with van der Waals surface area (Å²) in [7, 11) is 0. The van der Waals surface area contributed by atoms with Crippen LogP contribution < -0.4 is 10.1 Å². The normalized spacial score (nSPS) is 23.1. The molecular weight excluding hydrogens is 312 g/mol. The first kappa shape index (κ1) is 17.2. The lowest BCUT2D eigenvalue weighted by atomic mass is 9.94. The summed E-state index contributed by atoms with van der Waals surface area (Å²) >= 11 is 0. The molecule has 2 fully saturated rings. The number of carbonyl (C=O) groups is 1. The predicted octanol–water partition coefficient (Wildman–Crippen LogP) is 0.764. The van der Waals surface area contributed by atoms with Crippen LogP contribution in [0.4, 0.5) is 0 Å². The lowest BCUT2D eigenvalue weighted by molar-refractivity contribution is -0.127. The van der Waals surface area contributed by atoms with Crippen LogP contribution in [-0.2, 0) is 9.53 Å². The van der Waals surface area contributed by atoms with Gasteiger partial charge in [0.15, 0.2) is 0 Å². The molecule has 1 atom stereocenters. The van der Waals surface area contributed by atoms with Crippen LogP contribution >= 0.6 is 0 Å². The highest BCUT2D eigenvalue weighted by Gasteiger charge is 2.30. The van der Waals surface area contributed by atoms with E-state index in [1.165, 1.54) is 0 Å². The van der Waals surface area contributed by atoms with Crippen LogP contribution in [0.2, 0.25) is 0 Å². The minimum Gasteiger partial charge on any atom is -0.472 e. The van der Waals surface area contributed by atoms with E-state index in [9.17, 15) is 4.79 Å². The lowest BCUT2D eigenvalue weighted by Crippen LogP contribution is -2.49. The van der Waals surface area contributed by atoms with Gasteiger partial charge in [-0.2, -0.15) is 0 Å². The number of hydrogen-bond acceptors (Lipinski definition) is 7. The maximum atomic E-state index is 12.4. The van der Waals surface area contributed by atoms with Gasteiger partial charge in [0, 0.05) is 25.8 Å². The van der Waals surface area contributed by atoms with Gasteiger partial charge in [0.25, 0.3) is 5.88 Å². The Bertz CT molecular complexity index is 530. The third kappa shape index (κ3) is 4.45. The van der Waals surface area contributed by atoms with Crippen molar-refractivity contribution in [2.45, 2.75) is 38.6 Å². The first-order chi connectivity index (χ1) is 11.7. The van der Waals surface area contributed by atoms with Crippen molar-refractivity contribution < 1.29 is 18.9 Å². The summed E-state index contributed by atoms with van der Waals surface area (Å²) in [5, 5.41) is 10.3. The highest BCUT2D eigenvalue weighted by atomic mass is 16.6. The van der Waals surface area contributed by atoms with E-state index < -0.39 is 0 Å². The van der Waals surface area contributed by atoms with Gasteiger partial charge in [-0.15, -0.1) is 0 Å². The molecule has 0 saturated carbocycles. The third-order valence-corrected chi connectivity index (χ3v) is 4.78. The number of nitrogens with one attached hydrogen (secondary N) is 1. The quantitative estimate of drug-likeness (QED) is 0.766. The number of hydrogen-bond donors (Lipinski definition) is 1. The van der Waals surface area contributed by atoms with E-state index in [2.05, 4.69) is 25.2 Å². The van der Waals surface area contributed by atoms with Crippen LogP contribution in [0.25, 0.3) is 0 Å². The average molecular weight is 338 g/mol. The Morgan fingerprint density at radius 2 is 2.17 bits per heavy atom. The Balaban J connectivity index is 1.38. The molecule has 1 unspecified atom stereocenters. The van der Waals surface area contributed by atoms with Crippen molar-refractivity contribution in [3.63, 3.8) is 0 Å². The summed E-state index contributed by atoms with van der Waals surface area (Å²) in [6.45, 7) is 6.20. The largest absolute Gasteiger partial charge is 0.472 e. The molecule has 2 aliphatic rings. The van der Waals surface area contributed by atoms with Crippen LogP contribution in [-0.4, -0.2) is 66.6 Å². The first-order valence-electron chi connectivity index (χ1n) is 8.75. The van der Waals surface area contributed by atoms with Crippen LogP contribution in [0.1, 0.15) is 31.4 Å². The highest BCUT2D eigenvalue weighted by molar-refractivity contribution is 5.78. The van der Waals surface area contributed by atoms with Crippen LogP contribution in [0.3, 0.4) is 0 Å². The van der Waals surface area contributed by atoms with E-state index in [1.807, 2.05) is 0 Å². The maximum Gasteiger partial charge on any atom is 0.278 e. The van der Waals surface area contributed by atoms with Crippen molar-refractivity contribution in [3.05, 3.63) is 5.69 Å². The molecular formula is C16H26N4O4. The monoisotopic (exact) mass is 338 g/mol. The van der Waals surface area contributed by atoms with E-state index in [0.29, 0.717) is 30.8 Å². The fourth-order valence-corrected chi connectivity index (χ4v) is 3.42. The van der Waals surface area contributed by atoms with Crippen molar-refractivity contribution in [1.29, 1.82) is 0 Å². The molecule has 24 heavy (non-hydrogen) atoms. The van der Waals surface area contributed by atoms with Crippen LogP contribution in [0.15, 0.2) is 4.63 Å². The van der Waals surface area contributed by atoms with Gasteiger partial charge in [-0.05, 0) is 44.3 Å². The lowest BCUT2D eigenvalue weighted by Gasteiger charge is -2.39. The molecule has 134 valence electrons. The molecule has 0 bridgehead atoms. The second kappa shape index (κ2) is 8.43. The standard InChI is InChI=1S/C16H26N4O4/c1-12-16(19-24-18-12)23-10-6-17-15(21)13-3-2-7-20(11-13)14-4-8-22-9-5-14/h13-14H,2-11H2,1H3,(H,17,21). The maximum absolute atomic E-state index is 12.4. The molecule has 2 saturated heterocycles. The second-order valence-corrected chi connectivity index (χ2v) is 6.47. The third-order valence-electron chi connectivity index (χ3n) is 4.78. The van der Waals surface area contributed by atoms with E-state index in [-0.39, 0.29) is 11.8 Å². The molecule has 2 aliphatic heterocycles. The zero-order chi connectivity index (χ0) is 16.8. The summed E-state index contributed by atoms with van der Waals surface area (Å²) in [5.74, 6) is 0.565. The van der Waals surface area contributed by atoms with Gasteiger partial charge >= 0.3 is 0 Å². The Morgan fingerprint density at radius 1 is 1.33 bits per heavy atom. The van der Waals surface area contributed by atoms with E-state index >= 15 is 0 Å². The molecule has 8 nitrogen and oxygen atoms in total. The molecule has 0 radical (unpaired) electrons. The number of nitrogens with zero attached hydrogens (tertiary/aromatic N) is 3. The SMILES string of the molecule is Cc1nonc1OCCNC(=O)C1CCCN(C2CCOCC2)C1. The molecule has 8 heteroatoms. The smallest absolute Gasteiger partial charge is 0.278 e. The van der Waals surface area contributed by atoms with Crippen LogP contribution in [0, 0.1) is 12.8 Å². The minimum absolute atomic E-state index is 0.0667. The number of amides is 1. The summed E-state index contributed by atoms with van der Waals surface area (Å²) < 4.78 is 15.4. The topological polar surface area (TPSA) is 89.7 Å². The van der Waals surface area contributed by atoms with Crippen molar-refractivity contribution in [1.82, 2.24) is 20.5 Å². The highest BCUT2D eigenvalue weighted by Crippen LogP contribution is 2.23. The van der Waals surface area contributed by atoms with E-state index in [4.69, 9.17) is 9.47 Å². The zero-order valence-corrected chi connectivity index (χ0v) is 14.2. The molecule has 1 aromatic rings. The Hall–Kier alpha value is -1.67. The van der Waals surface area contributed by atoms with Gasteiger partial charge < -0.3 is 14.8 Å². The van der Waals surface area contributed by atoms with Crippen molar-refractivity contribution in [2.24, 2.45) is 5.92 Å². The Morgan fingerprint density at radius 3 is 2.92 bits per heavy atom. The molecule has 3 heterocycles. The number of aromatic nitrogens is 2. The van der Waals surface area contributed by atoms with Gasteiger partial charge in [-0.25, -0.2) is 4.63 Å². The average Bonchev–Trinajstić information content (AvgIpc) is 3.04. The molecule has 0 spiro atoms. The number of ether oxygens (including phenoxy) is 2. The Labute approximate surface area is 141 Å². The Kier molecular flexibility index (Phi) is 6.03. The summed E-state index contributed by atoms with van der Waals surface area (Å²) in [6, 6.07) is 0.570. The van der Waals surface area contributed by atoms with Crippen molar-refractivity contribution >= 4 is 5.91 Å². The van der Waals surface area contributed by atoms with Crippen LogP contribution in [0.5, 0.6) is 5.88 Å². The number of likely N-dealkylation sites (tertiary alicyclic amines) is 1. The molecule has 0 aromatic carbocycles. The summed E-state index contributed by atoms with van der Waals surface area (Å²) in [4.78, 5) is 14.9. The molecule has 1 N–H and O–H groups in total. The second-order valence-electron chi connectivity index (χ2n) is 6.47. The molecule has 1 aromatic heterocycles. The first-order valence-corrected chi connectivity index (χ1v) is 8.75. The predicted molar refractivity (Wildman–Crippen MR) is 85.7 cm³/mol. The van der Waals surface area contributed by atoms with Crippen molar-refractivity contribution in [2.75, 3.05) is 39.5 Å². The van der Waals surface area contributed by atoms with Gasteiger partial charge in [-0.1, -0.05) is 5.16 Å². The fourth-order valence-electron chi connectivity index (χ4n) is 3.42. The fraction of sp³-hybridized carbons (Fsp3) is 0.812. The number of carbonyl (C=O) groups excluding carboxylic acids is 1. The molecule has 1 amide bonds. The molecule has 0 aliphatic carbocycles. The number of aryl methyl sites for hydroxylation is 1. The number of rotatable bonds is 6. The number of piperidine rings is 1. The van der Waals surface area contributed by atoms with Crippen molar-refractivity contribution in [3.8, 4) is 5.88 Å². The zero-order valence-electron chi connectivity index (χ0n) is 14.2. The van der Waals surface area contributed by atoms with Gasteiger partial charge in [0.2, 0.25) is 5.91 Å².